The van der Waals surface area contributed by atoms with Crippen molar-refractivity contribution in [3.05, 3.63) is 0 Å². The van der Waals surface area contributed by atoms with E-state index in [1.165, 1.54) is 13.0 Å². The molecular weight excluding hydrogens is 126 g/mol. The number of ether oxygens (including phenoxy) is 1. The number of fused-ring (bicyclic) bond motifs is 1. The molecule has 0 amide bonds. The van der Waals surface area contributed by atoms with E-state index in [1.807, 2.05) is 0 Å². The van der Waals surface area contributed by atoms with Crippen LogP contribution in [0.4, 0.5) is 0 Å². The fraction of sp³-hybridized carbons (Fsp3) is 1.00. The predicted molar refractivity (Wildman–Crippen MR) is 39.9 cm³/mol. The zero-order valence-corrected chi connectivity index (χ0v) is 6.47. The normalized spacial score (nSPS) is 47.1. The Morgan fingerprint density at radius 1 is 1.40 bits per heavy atom. The number of rotatable bonds is 0. The second kappa shape index (κ2) is 2.51. The van der Waals surface area contributed by atoms with E-state index >= 15 is 0 Å². The first-order chi connectivity index (χ1) is 4.88. The van der Waals surface area contributed by atoms with Crippen LogP contribution in [0.3, 0.4) is 0 Å². The molecule has 0 saturated carbocycles. The largest absolute Gasteiger partial charge is 0.378 e. The second-order valence-corrected chi connectivity index (χ2v) is 3.52. The van der Waals surface area contributed by atoms with Crippen LogP contribution in [-0.4, -0.2) is 25.8 Å². The van der Waals surface area contributed by atoms with Crippen molar-refractivity contribution >= 4 is 0 Å². The summed E-state index contributed by atoms with van der Waals surface area (Å²) in [6, 6.07) is 0. The Bertz CT molecular complexity index is 126. The molecule has 1 N–H and O–H groups in total. The van der Waals surface area contributed by atoms with E-state index in [-0.39, 0.29) is 0 Å². The molecule has 2 aliphatic heterocycles. The summed E-state index contributed by atoms with van der Waals surface area (Å²) in [5, 5.41) is 3.43. The highest BCUT2D eigenvalue weighted by molar-refractivity contribution is 4.86. The Labute approximate surface area is 61.9 Å². The molecule has 2 fully saturated rings. The molecule has 0 bridgehead atoms. The van der Waals surface area contributed by atoms with Gasteiger partial charge in [-0.3, -0.25) is 0 Å². The predicted octanol–water partition coefficient (Wildman–Crippen LogP) is 0.631. The van der Waals surface area contributed by atoms with Crippen molar-refractivity contribution in [3.63, 3.8) is 0 Å². The summed E-state index contributed by atoms with van der Waals surface area (Å²) in [4.78, 5) is 0. The Morgan fingerprint density at radius 2 is 2.30 bits per heavy atom. The highest BCUT2D eigenvalue weighted by atomic mass is 16.5. The molecule has 0 aliphatic carbocycles. The third-order valence-corrected chi connectivity index (χ3v) is 2.70. The molecule has 2 saturated heterocycles. The van der Waals surface area contributed by atoms with E-state index < -0.39 is 0 Å². The van der Waals surface area contributed by atoms with Crippen LogP contribution < -0.4 is 5.32 Å². The standard InChI is InChI=1S/C8H15NO/c1-6-4-9-5-7-2-3-10-8(6)7/h6-9H,2-5H2,1H3. The number of hydrogen-bond acceptors (Lipinski definition) is 2. The van der Waals surface area contributed by atoms with E-state index in [1.54, 1.807) is 0 Å². The van der Waals surface area contributed by atoms with Crippen molar-refractivity contribution in [1.29, 1.82) is 0 Å². The molecule has 2 heteroatoms. The molecule has 0 spiro atoms. The van der Waals surface area contributed by atoms with Gasteiger partial charge in [0.15, 0.2) is 0 Å². The van der Waals surface area contributed by atoms with Gasteiger partial charge in [0.1, 0.15) is 0 Å². The Morgan fingerprint density at radius 3 is 3.10 bits per heavy atom. The average Bonchev–Trinajstić information content (AvgIpc) is 2.36. The first-order valence-electron chi connectivity index (χ1n) is 4.20. The van der Waals surface area contributed by atoms with Gasteiger partial charge in [-0.15, -0.1) is 0 Å². The van der Waals surface area contributed by atoms with Gasteiger partial charge in [0.25, 0.3) is 0 Å². The van der Waals surface area contributed by atoms with E-state index in [0.29, 0.717) is 6.10 Å². The topological polar surface area (TPSA) is 21.3 Å². The summed E-state index contributed by atoms with van der Waals surface area (Å²) in [5.41, 5.74) is 0. The van der Waals surface area contributed by atoms with E-state index in [2.05, 4.69) is 12.2 Å². The van der Waals surface area contributed by atoms with Crippen LogP contribution in [0.25, 0.3) is 0 Å². The maximum atomic E-state index is 5.63. The quantitative estimate of drug-likeness (QED) is 0.534. The van der Waals surface area contributed by atoms with Crippen molar-refractivity contribution in [3.8, 4) is 0 Å². The molecule has 0 aromatic heterocycles. The monoisotopic (exact) mass is 141 g/mol. The van der Waals surface area contributed by atoms with E-state index in [4.69, 9.17) is 4.74 Å². The molecule has 10 heavy (non-hydrogen) atoms. The molecule has 3 unspecified atom stereocenters. The third-order valence-electron chi connectivity index (χ3n) is 2.70. The maximum absolute atomic E-state index is 5.63. The number of hydrogen-bond donors (Lipinski definition) is 1. The molecule has 2 aliphatic rings. The summed E-state index contributed by atoms with van der Waals surface area (Å²) < 4.78 is 5.63. The Hall–Kier alpha value is -0.0800. The molecule has 2 nitrogen and oxygen atoms in total. The Kier molecular flexibility index (Phi) is 1.66. The smallest absolute Gasteiger partial charge is 0.0653 e. The van der Waals surface area contributed by atoms with Crippen molar-refractivity contribution in [2.45, 2.75) is 19.4 Å². The van der Waals surface area contributed by atoms with Crippen LogP contribution in [0.15, 0.2) is 0 Å². The molecule has 3 atom stereocenters. The third kappa shape index (κ3) is 0.956. The van der Waals surface area contributed by atoms with E-state index in [9.17, 15) is 0 Å². The second-order valence-electron chi connectivity index (χ2n) is 3.52. The van der Waals surface area contributed by atoms with Crippen molar-refractivity contribution in [2.75, 3.05) is 19.7 Å². The van der Waals surface area contributed by atoms with Gasteiger partial charge >= 0.3 is 0 Å². The minimum atomic E-state index is 0.571. The first kappa shape index (κ1) is 6.62. The zero-order valence-electron chi connectivity index (χ0n) is 6.47. The lowest BCUT2D eigenvalue weighted by Gasteiger charge is -2.30. The lowest BCUT2D eigenvalue weighted by atomic mass is 9.88. The van der Waals surface area contributed by atoms with Gasteiger partial charge in [0, 0.05) is 25.6 Å². The summed E-state index contributed by atoms with van der Waals surface area (Å²) in [7, 11) is 0. The van der Waals surface area contributed by atoms with Gasteiger partial charge in [-0.05, 0) is 12.3 Å². The maximum Gasteiger partial charge on any atom is 0.0653 e. The Balaban J connectivity index is 2.03. The van der Waals surface area contributed by atoms with Crippen molar-refractivity contribution < 1.29 is 4.74 Å². The molecule has 58 valence electrons. The SMILES string of the molecule is CC1CNCC2CCOC12. The molecule has 0 aromatic carbocycles. The fourth-order valence-corrected chi connectivity index (χ4v) is 2.12. The fourth-order valence-electron chi connectivity index (χ4n) is 2.12. The van der Waals surface area contributed by atoms with Crippen molar-refractivity contribution in [2.24, 2.45) is 11.8 Å². The highest BCUT2D eigenvalue weighted by Crippen LogP contribution is 2.28. The number of piperidine rings is 1. The van der Waals surface area contributed by atoms with Gasteiger partial charge in [-0.1, -0.05) is 6.92 Å². The number of nitrogens with one attached hydrogen (secondary N) is 1. The van der Waals surface area contributed by atoms with Gasteiger partial charge in [0.2, 0.25) is 0 Å². The van der Waals surface area contributed by atoms with Gasteiger partial charge < -0.3 is 10.1 Å². The summed E-state index contributed by atoms with van der Waals surface area (Å²) in [5.74, 6) is 1.53. The average molecular weight is 141 g/mol. The molecule has 2 rings (SSSR count). The summed E-state index contributed by atoms with van der Waals surface area (Å²) in [6.07, 6.45) is 1.84. The minimum absolute atomic E-state index is 0.571. The van der Waals surface area contributed by atoms with Crippen LogP contribution in [0.1, 0.15) is 13.3 Å². The van der Waals surface area contributed by atoms with Gasteiger partial charge in [-0.25, -0.2) is 0 Å². The lowest BCUT2D eigenvalue weighted by Crippen LogP contribution is -2.43. The van der Waals surface area contributed by atoms with Crippen LogP contribution in [-0.2, 0) is 4.74 Å². The molecule has 2 heterocycles. The zero-order chi connectivity index (χ0) is 6.97. The summed E-state index contributed by atoms with van der Waals surface area (Å²) in [6.45, 7) is 5.58. The highest BCUT2D eigenvalue weighted by Gasteiger charge is 2.34. The minimum Gasteiger partial charge on any atom is -0.378 e. The molecule has 0 radical (unpaired) electrons. The van der Waals surface area contributed by atoms with Crippen LogP contribution in [0.2, 0.25) is 0 Å². The lowest BCUT2D eigenvalue weighted by molar-refractivity contribution is 0.0336. The first-order valence-corrected chi connectivity index (χ1v) is 4.20. The molecule has 0 aromatic rings. The van der Waals surface area contributed by atoms with Crippen molar-refractivity contribution in [1.82, 2.24) is 5.32 Å². The molecular formula is C8H15NO. The van der Waals surface area contributed by atoms with Gasteiger partial charge in [-0.2, -0.15) is 0 Å². The van der Waals surface area contributed by atoms with Crippen LogP contribution in [0, 0.1) is 11.8 Å². The van der Waals surface area contributed by atoms with Crippen LogP contribution in [0.5, 0.6) is 0 Å². The van der Waals surface area contributed by atoms with Gasteiger partial charge in [0.05, 0.1) is 6.10 Å². The van der Waals surface area contributed by atoms with E-state index in [0.717, 1.165) is 25.0 Å². The van der Waals surface area contributed by atoms with Crippen LogP contribution >= 0.6 is 0 Å². The summed E-state index contributed by atoms with van der Waals surface area (Å²) >= 11 is 0.